The highest BCUT2D eigenvalue weighted by molar-refractivity contribution is 6.01. The summed E-state index contributed by atoms with van der Waals surface area (Å²) in [6, 6.07) is 16.1. The first kappa shape index (κ1) is 12.9. The first-order chi connectivity index (χ1) is 10.8. The minimum atomic E-state index is 0.0875. The van der Waals surface area contributed by atoms with Gasteiger partial charge in [-0.1, -0.05) is 12.1 Å². The number of hydrogen-bond acceptors (Lipinski definition) is 4. The summed E-state index contributed by atoms with van der Waals surface area (Å²) in [4.78, 5) is 8.00. The lowest BCUT2D eigenvalue weighted by atomic mass is 10.0. The average Bonchev–Trinajstić information content (AvgIpc) is 3.21. The standard InChI is InChI=1S/C17H16N4O/c1-22-12-8-6-11(7-9-12)15-10-16(21-20-15)17-18-13-4-2-3-5-14(13)19-17/h2-9,16,21H,10H2,1H3,(H,18,19)/t16-/m0/s1. The number of fused-ring (bicyclic) bond motifs is 1. The zero-order chi connectivity index (χ0) is 14.9. The first-order valence-corrected chi connectivity index (χ1v) is 7.24. The van der Waals surface area contributed by atoms with Gasteiger partial charge in [-0.2, -0.15) is 5.10 Å². The van der Waals surface area contributed by atoms with Gasteiger partial charge >= 0.3 is 0 Å². The number of benzene rings is 2. The molecule has 2 aromatic carbocycles. The van der Waals surface area contributed by atoms with Crippen LogP contribution in [0.5, 0.6) is 5.75 Å². The van der Waals surface area contributed by atoms with Crippen LogP contribution in [0.4, 0.5) is 0 Å². The Morgan fingerprint density at radius 3 is 2.68 bits per heavy atom. The molecule has 0 bridgehead atoms. The summed E-state index contributed by atoms with van der Waals surface area (Å²) in [6.45, 7) is 0. The number of imidazole rings is 1. The Kier molecular flexibility index (Phi) is 3.04. The molecule has 1 aromatic heterocycles. The molecular formula is C17H16N4O. The van der Waals surface area contributed by atoms with Crippen molar-refractivity contribution in [2.45, 2.75) is 12.5 Å². The monoisotopic (exact) mass is 292 g/mol. The van der Waals surface area contributed by atoms with Gasteiger partial charge in [0.05, 0.1) is 23.9 Å². The van der Waals surface area contributed by atoms with Crippen LogP contribution in [-0.2, 0) is 0 Å². The van der Waals surface area contributed by atoms with Crippen molar-refractivity contribution in [2.24, 2.45) is 5.10 Å². The Hall–Kier alpha value is -2.82. The highest BCUT2D eigenvalue weighted by Gasteiger charge is 2.23. The summed E-state index contributed by atoms with van der Waals surface area (Å²) in [6.07, 6.45) is 0.812. The predicted molar refractivity (Wildman–Crippen MR) is 86.1 cm³/mol. The van der Waals surface area contributed by atoms with Crippen LogP contribution in [0.2, 0.25) is 0 Å². The van der Waals surface area contributed by atoms with Gasteiger partial charge in [-0.05, 0) is 42.0 Å². The lowest BCUT2D eigenvalue weighted by molar-refractivity contribution is 0.415. The Bertz CT molecular complexity index is 802. The summed E-state index contributed by atoms with van der Waals surface area (Å²) >= 11 is 0. The van der Waals surface area contributed by atoms with Gasteiger partial charge in [0.15, 0.2) is 0 Å². The molecular weight excluding hydrogens is 276 g/mol. The van der Waals surface area contributed by atoms with E-state index in [1.54, 1.807) is 7.11 Å². The number of aromatic nitrogens is 2. The molecule has 0 amide bonds. The van der Waals surface area contributed by atoms with Crippen LogP contribution < -0.4 is 10.2 Å². The Labute approximate surface area is 128 Å². The van der Waals surface area contributed by atoms with Crippen LogP contribution in [0.1, 0.15) is 23.9 Å². The van der Waals surface area contributed by atoms with Crippen molar-refractivity contribution in [3.05, 3.63) is 59.9 Å². The van der Waals surface area contributed by atoms with Crippen molar-refractivity contribution in [3.63, 3.8) is 0 Å². The number of para-hydroxylation sites is 2. The maximum absolute atomic E-state index is 5.19. The molecule has 22 heavy (non-hydrogen) atoms. The second-order valence-corrected chi connectivity index (χ2v) is 5.31. The van der Waals surface area contributed by atoms with Gasteiger partial charge in [0.2, 0.25) is 0 Å². The summed E-state index contributed by atoms with van der Waals surface area (Å²) in [5.74, 6) is 1.78. The molecule has 110 valence electrons. The molecule has 0 aliphatic carbocycles. The third kappa shape index (κ3) is 2.20. The summed E-state index contributed by atoms with van der Waals surface area (Å²) < 4.78 is 5.19. The lowest BCUT2D eigenvalue weighted by Gasteiger charge is -2.05. The molecule has 1 aliphatic heterocycles. The fourth-order valence-electron chi connectivity index (χ4n) is 2.70. The van der Waals surface area contributed by atoms with E-state index >= 15 is 0 Å². The number of methoxy groups -OCH3 is 1. The van der Waals surface area contributed by atoms with Crippen molar-refractivity contribution >= 4 is 16.7 Å². The molecule has 2 N–H and O–H groups in total. The minimum Gasteiger partial charge on any atom is -0.497 e. The third-order valence-electron chi connectivity index (χ3n) is 3.91. The molecule has 0 saturated carbocycles. The molecule has 0 fully saturated rings. The fourth-order valence-corrected chi connectivity index (χ4v) is 2.70. The number of aromatic amines is 1. The summed E-state index contributed by atoms with van der Waals surface area (Å²) in [5.41, 5.74) is 7.35. The highest BCUT2D eigenvalue weighted by atomic mass is 16.5. The SMILES string of the molecule is COc1ccc(C2=NN[C@H](c3nc4ccccc4[nH]3)C2)cc1. The van der Waals surface area contributed by atoms with E-state index < -0.39 is 0 Å². The molecule has 4 rings (SSSR count). The fraction of sp³-hybridized carbons (Fsp3) is 0.176. The lowest BCUT2D eigenvalue weighted by Crippen LogP contribution is -2.11. The third-order valence-corrected chi connectivity index (χ3v) is 3.91. The Balaban J connectivity index is 1.55. The summed E-state index contributed by atoms with van der Waals surface area (Å²) in [5, 5.41) is 4.46. The average molecular weight is 292 g/mol. The zero-order valence-corrected chi connectivity index (χ0v) is 12.2. The maximum Gasteiger partial charge on any atom is 0.131 e. The molecule has 0 spiro atoms. The molecule has 2 heterocycles. The smallest absolute Gasteiger partial charge is 0.131 e. The molecule has 0 saturated heterocycles. The van der Waals surface area contributed by atoms with Crippen LogP contribution >= 0.6 is 0 Å². The van der Waals surface area contributed by atoms with E-state index in [2.05, 4.69) is 20.5 Å². The Morgan fingerprint density at radius 2 is 1.91 bits per heavy atom. The van der Waals surface area contributed by atoms with E-state index in [-0.39, 0.29) is 6.04 Å². The number of ether oxygens (including phenoxy) is 1. The van der Waals surface area contributed by atoms with Gasteiger partial charge in [-0.3, -0.25) is 5.43 Å². The molecule has 0 radical (unpaired) electrons. The topological polar surface area (TPSA) is 62.3 Å². The van der Waals surface area contributed by atoms with Crippen molar-refractivity contribution in [3.8, 4) is 5.75 Å². The van der Waals surface area contributed by atoms with Gasteiger partial charge in [-0.25, -0.2) is 4.98 Å². The Morgan fingerprint density at radius 1 is 1.09 bits per heavy atom. The minimum absolute atomic E-state index is 0.0875. The zero-order valence-electron chi connectivity index (χ0n) is 12.2. The molecule has 0 unspecified atom stereocenters. The number of rotatable bonds is 3. The van der Waals surface area contributed by atoms with Gasteiger partial charge in [0.25, 0.3) is 0 Å². The van der Waals surface area contributed by atoms with Gasteiger partial charge < -0.3 is 9.72 Å². The quantitative estimate of drug-likeness (QED) is 0.780. The van der Waals surface area contributed by atoms with Crippen LogP contribution in [0, 0.1) is 0 Å². The molecule has 5 heteroatoms. The van der Waals surface area contributed by atoms with Crippen LogP contribution in [0.15, 0.2) is 53.6 Å². The van der Waals surface area contributed by atoms with E-state index in [1.807, 2.05) is 48.5 Å². The van der Waals surface area contributed by atoms with E-state index in [1.165, 1.54) is 0 Å². The number of nitrogens with one attached hydrogen (secondary N) is 2. The predicted octanol–water partition coefficient (Wildman–Crippen LogP) is 3.01. The molecule has 1 aliphatic rings. The van der Waals surface area contributed by atoms with Gasteiger partial charge in [0.1, 0.15) is 17.6 Å². The molecule has 1 atom stereocenters. The van der Waals surface area contributed by atoms with E-state index in [0.717, 1.165) is 40.3 Å². The maximum atomic E-state index is 5.19. The van der Waals surface area contributed by atoms with Crippen molar-refractivity contribution in [1.29, 1.82) is 0 Å². The van der Waals surface area contributed by atoms with Crippen molar-refractivity contribution in [2.75, 3.05) is 7.11 Å². The van der Waals surface area contributed by atoms with Crippen LogP contribution in [-0.4, -0.2) is 22.8 Å². The van der Waals surface area contributed by atoms with Crippen LogP contribution in [0.25, 0.3) is 11.0 Å². The number of hydrogen-bond donors (Lipinski definition) is 2. The number of nitrogens with zero attached hydrogens (tertiary/aromatic N) is 2. The molecule has 3 aromatic rings. The van der Waals surface area contributed by atoms with E-state index in [4.69, 9.17) is 4.74 Å². The summed E-state index contributed by atoms with van der Waals surface area (Å²) in [7, 11) is 1.67. The van der Waals surface area contributed by atoms with Crippen molar-refractivity contribution < 1.29 is 4.74 Å². The number of H-pyrrole nitrogens is 1. The largest absolute Gasteiger partial charge is 0.497 e. The second kappa shape index (κ2) is 5.18. The highest BCUT2D eigenvalue weighted by Crippen LogP contribution is 2.25. The van der Waals surface area contributed by atoms with Crippen molar-refractivity contribution in [1.82, 2.24) is 15.4 Å². The molecule has 5 nitrogen and oxygen atoms in total. The van der Waals surface area contributed by atoms with E-state index in [0.29, 0.717) is 0 Å². The van der Waals surface area contributed by atoms with Gasteiger partial charge in [0, 0.05) is 6.42 Å². The van der Waals surface area contributed by atoms with Gasteiger partial charge in [-0.15, -0.1) is 0 Å². The van der Waals surface area contributed by atoms with Crippen LogP contribution in [0.3, 0.4) is 0 Å². The first-order valence-electron chi connectivity index (χ1n) is 7.24. The van der Waals surface area contributed by atoms with E-state index in [9.17, 15) is 0 Å². The second-order valence-electron chi connectivity index (χ2n) is 5.31. The normalized spacial score (nSPS) is 17.3. The number of hydrazone groups is 1.